The summed E-state index contributed by atoms with van der Waals surface area (Å²) < 4.78 is 53.2. The quantitative estimate of drug-likeness (QED) is 0.192. The lowest BCUT2D eigenvalue weighted by Crippen LogP contribution is -2.39. The molecule has 3 unspecified atom stereocenters. The number of aromatic nitrogens is 1. The number of likely N-dealkylation sites (tertiary alicyclic amines) is 1. The van der Waals surface area contributed by atoms with Crippen LogP contribution in [0.3, 0.4) is 0 Å². The highest BCUT2D eigenvalue weighted by molar-refractivity contribution is 5.89. The number of hydrogen-bond acceptors (Lipinski definition) is 8. The zero-order chi connectivity index (χ0) is 30.0. The number of benzene rings is 1. The van der Waals surface area contributed by atoms with Gasteiger partial charge in [0.15, 0.2) is 0 Å². The second-order valence-corrected chi connectivity index (χ2v) is 10.3. The molecule has 3 atom stereocenters. The zero-order valence-corrected chi connectivity index (χ0v) is 22.8. The number of furan rings is 1. The summed E-state index contributed by atoms with van der Waals surface area (Å²) in [5.74, 6) is -0.0748. The van der Waals surface area contributed by atoms with Crippen LogP contribution in [0.4, 0.5) is 13.2 Å². The lowest BCUT2D eigenvalue weighted by atomic mass is 10.0. The average Bonchev–Trinajstić information content (AvgIpc) is 3.72. The first-order chi connectivity index (χ1) is 20.0. The van der Waals surface area contributed by atoms with Gasteiger partial charge in [0.2, 0.25) is 5.91 Å². The number of carbonyl (C=O) groups is 1. The highest BCUT2D eigenvalue weighted by atomic mass is 19.4. The van der Waals surface area contributed by atoms with Crippen LogP contribution in [0.25, 0.3) is 22.2 Å². The maximum absolute atomic E-state index is 14.0. The number of allylic oxidation sites excluding steroid dienone is 4. The Labute approximate surface area is 239 Å². The molecule has 1 amide bonds. The molecule has 0 radical (unpaired) electrons. The van der Waals surface area contributed by atoms with Crippen LogP contribution in [0.1, 0.15) is 36.5 Å². The molecule has 0 aliphatic carbocycles. The molecule has 220 valence electrons. The fraction of sp³-hybridized carbons (Fsp3) is 0.300. The van der Waals surface area contributed by atoms with Gasteiger partial charge in [0, 0.05) is 41.4 Å². The molecule has 0 spiro atoms. The van der Waals surface area contributed by atoms with Gasteiger partial charge in [0.1, 0.15) is 23.4 Å². The average molecular weight is 582 g/mol. The van der Waals surface area contributed by atoms with Gasteiger partial charge < -0.3 is 25.3 Å². The number of alkyl halides is 3. The van der Waals surface area contributed by atoms with E-state index in [4.69, 9.17) is 14.9 Å². The lowest BCUT2D eigenvalue weighted by Gasteiger charge is -2.31. The Kier molecular flexibility index (Phi) is 8.30. The van der Waals surface area contributed by atoms with Crippen molar-refractivity contribution in [2.75, 3.05) is 13.2 Å². The minimum atomic E-state index is -4.69. The van der Waals surface area contributed by atoms with E-state index in [1.165, 1.54) is 24.4 Å². The number of nitrogens with two attached hydrogens (primary N) is 1. The molecule has 2 fully saturated rings. The Morgan fingerprint density at radius 3 is 2.76 bits per heavy atom. The van der Waals surface area contributed by atoms with Gasteiger partial charge in [-0.05, 0) is 50.4 Å². The molecule has 1 aromatic carbocycles. The maximum Gasteiger partial charge on any atom is 0.420 e. The molecule has 4 heterocycles. The van der Waals surface area contributed by atoms with Gasteiger partial charge in [0.05, 0.1) is 30.5 Å². The first-order valence-electron chi connectivity index (χ1n) is 13.2. The van der Waals surface area contributed by atoms with Crippen molar-refractivity contribution in [3.8, 4) is 11.3 Å². The summed E-state index contributed by atoms with van der Waals surface area (Å²) in [5, 5.41) is 13.6. The van der Waals surface area contributed by atoms with E-state index in [9.17, 15) is 23.1 Å². The van der Waals surface area contributed by atoms with Crippen LogP contribution in [0.2, 0.25) is 0 Å². The maximum atomic E-state index is 14.0. The Bertz CT molecular complexity index is 1580. The number of nitrogens with one attached hydrogen (secondary N) is 1. The molecule has 9 nitrogen and oxygen atoms in total. The van der Waals surface area contributed by atoms with E-state index >= 15 is 0 Å². The van der Waals surface area contributed by atoms with E-state index < -0.39 is 23.9 Å². The van der Waals surface area contributed by atoms with E-state index in [0.29, 0.717) is 24.4 Å². The molecule has 2 aliphatic rings. The number of nitrogens with zero attached hydrogens (tertiary/aromatic N) is 3. The van der Waals surface area contributed by atoms with Crippen molar-refractivity contribution in [3.63, 3.8) is 0 Å². The van der Waals surface area contributed by atoms with Gasteiger partial charge >= 0.3 is 6.18 Å². The molecular formula is C30H30F3N5O4. The highest BCUT2D eigenvalue weighted by Gasteiger charge is 2.42. The first kappa shape index (κ1) is 29.2. The van der Waals surface area contributed by atoms with Crippen LogP contribution in [0, 0.1) is 0 Å². The Morgan fingerprint density at radius 1 is 1.31 bits per heavy atom. The summed E-state index contributed by atoms with van der Waals surface area (Å²) in [5.41, 5.74) is 6.08. The number of morpholine rings is 1. The number of aliphatic hydroxyl groups excluding tert-OH is 1. The fourth-order valence-corrected chi connectivity index (χ4v) is 5.07. The first-order valence-corrected chi connectivity index (χ1v) is 13.2. The minimum absolute atomic E-state index is 0.115. The normalized spacial score (nSPS) is 20.5. The standard InChI is InChI=1S/C30H30F3N5O4/c1-17(3-7-26(34)35-2)4-8-27(39)37-14-22-10-20-9-19(11-24(28(20)42-22)30(31,32)33)25-6-5-18(13-36-25)29(40)38-15-23-12-21(38)16-41-23/h3-11,13,21,23,29,40H,2,12,14-16,34H2,1H3,(H,37,39)/b8-4+,17-3+,26-7-. The molecule has 3 aromatic rings. The highest BCUT2D eigenvalue weighted by Crippen LogP contribution is 2.39. The van der Waals surface area contributed by atoms with E-state index in [1.807, 2.05) is 4.90 Å². The number of carbonyl (C=O) groups excluding carboxylic acids is 1. The third-order valence-corrected chi connectivity index (χ3v) is 7.24. The molecule has 5 rings (SSSR count). The van der Waals surface area contributed by atoms with Gasteiger partial charge in [-0.1, -0.05) is 23.8 Å². The lowest BCUT2D eigenvalue weighted by molar-refractivity contribution is -0.136. The summed E-state index contributed by atoms with van der Waals surface area (Å²) >= 11 is 0. The van der Waals surface area contributed by atoms with Gasteiger partial charge in [0.25, 0.3) is 0 Å². The molecule has 2 aliphatic heterocycles. The minimum Gasteiger partial charge on any atom is -0.459 e. The molecule has 2 bridgehead atoms. The van der Waals surface area contributed by atoms with Crippen molar-refractivity contribution < 1.29 is 32.2 Å². The van der Waals surface area contributed by atoms with E-state index in [-0.39, 0.29) is 46.8 Å². The SMILES string of the molecule is C=N\C(N)=C/C=C(C)/C=C/C(=O)NCc1cc2cc(-c3ccc(C(O)N4CC5CC4CO5)cn3)cc(C(F)(F)F)c2o1. The van der Waals surface area contributed by atoms with E-state index in [2.05, 4.69) is 22.0 Å². The van der Waals surface area contributed by atoms with Crippen LogP contribution in [-0.4, -0.2) is 52.9 Å². The van der Waals surface area contributed by atoms with Gasteiger partial charge in [-0.3, -0.25) is 14.7 Å². The van der Waals surface area contributed by atoms with Crippen LogP contribution >= 0.6 is 0 Å². The Morgan fingerprint density at radius 2 is 2.12 bits per heavy atom. The van der Waals surface area contributed by atoms with Gasteiger partial charge in [-0.25, -0.2) is 4.99 Å². The number of hydrogen-bond donors (Lipinski definition) is 3. The molecule has 42 heavy (non-hydrogen) atoms. The van der Waals surface area contributed by atoms with Crippen molar-refractivity contribution in [2.45, 2.75) is 44.4 Å². The molecule has 12 heteroatoms. The summed E-state index contributed by atoms with van der Waals surface area (Å²) in [4.78, 5) is 22.1. The second kappa shape index (κ2) is 11.9. The number of amides is 1. The number of fused-ring (bicyclic) bond motifs is 3. The van der Waals surface area contributed by atoms with Crippen molar-refractivity contribution in [1.82, 2.24) is 15.2 Å². The molecule has 2 saturated heterocycles. The predicted molar refractivity (Wildman–Crippen MR) is 151 cm³/mol. The number of ether oxygens (including phenoxy) is 1. The number of pyridine rings is 1. The largest absolute Gasteiger partial charge is 0.459 e. The zero-order valence-electron chi connectivity index (χ0n) is 22.8. The summed E-state index contributed by atoms with van der Waals surface area (Å²) in [6, 6.07) is 7.40. The third-order valence-electron chi connectivity index (χ3n) is 7.24. The Hall–Kier alpha value is -4.26. The number of rotatable bonds is 9. The third kappa shape index (κ3) is 6.46. The molecule has 4 N–H and O–H groups in total. The number of halogens is 3. The molecular weight excluding hydrogens is 551 g/mol. The summed E-state index contributed by atoms with van der Waals surface area (Å²) in [7, 11) is 0. The van der Waals surface area contributed by atoms with Crippen LogP contribution in [0.15, 0.2) is 81.6 Å². The number of aliphatic hydroxyl groups is 1. The summed E-state index contributed by atoms with van der Waals surface area (Å²) in [6.45, 7) is 6.13. The van der Waals surface area contributed by atoms with E-state index in [1.54, 1.807) is 37.3 Å². The fourth-order valence-electron chi connectivity index (χ4n) is 5.07. The van der Waals surface area contributed by atoms with E-state index in [0.717, 1.165) is 18.1 Å². The van der Waals surface area contributed by atoms with Gasteiger partial charge in [-0.15, -0.1) is 0 Å². The number of aliphatic imine (C=N–C) groups is 1. The topological polar surface area (TPSA) is 126 Å². The molecule has 0 saturated carbocycles. The van der Waals surface area contributed by atoms with Crippen LogP contribution in [-0.2, 0) is 22.3 Å². The van der Waals surface area contributed by atoms with Crippen molar-refractivity contribution in [3.05, 3.63) is 89.1 Å². The smallest absolute Gasteiger partial charge is 0.420 e. The van der Waals surface area contributed by atoms with Crippen molar-refractivity contribution in [2.24, 2.45) is 10.7 Å². The summed E-state index contributed by atoms with van der Waals surface area (Å²) in [6.07, 6.45) is 2.93. The monoisotopic (exact) mass is 581 g/mol. The molecule has 2 aromatic heterocycles. The van der Waals surface area contributed by atoms with Crippen LogP contribution in [0.5, 0.6) is 0 Å². The van der Waals surface area contributed by atoms with Gasteiger partial charge in [-0.2, -0.15) is 13.2 Å². The van der Waals surface area contributed by atoms with Crippen molar-refractivity contribution in [1.29, 1.82) is 0 Å². The van der Waals surface area contributed by atoms with Crippen LogP contribution < -0.4 is 11.1 Å². The predicted octanol–water partition coefficient (Wildman–Crippen LogP) is 4.60. The van der Waals surface area contributed by atoms with Crippen molar-refractivity contribution >= 4 is 23.6 Å². The Balaban J connectivity index is 1.32. The second-order valence-electron chi connectivity index (χ2n) is 10.3.